The molecule has 1 aliphatic carbocycles. The van der Waals surface area contributed by atoms with Gasteiger partial charge in [-0.3, -0.25) is 9.59 Å². The lowest BCUT2D eigenvalue weighted by Crippen LogP contribution is -2.41. The summed E-state index contributed by atoms with van der Waals surface area (Å²) in [4.78, 5) is 23.7. The van der Waals surface area contributed by atoms with Gasteiger partial charge in [0.2, 0.25) is 5.91 Å². The molecule has 25 heavy (non-hydrogen) atoms. The highest BCUT2D eigenvalue weighted by Gasteiger charge is 2.45. The van der Waals surface area contributed by atoms with Gasteiger partial charge in [-0.05, 0) is 48.7 Å². The van der Waals surface area contributed by atoms with E-state index in [9.17, 15) is 23.5 Å². The second-order valence-electron chi connectivity index (χ2n) is 6.36. The Morgan fingerprint density at radius 3 is 2.24 bits per heavy atom. The van der Waals surface area contributed by atoms with Gasteiger partial charge in [0.1, 0.15) is 11.6 Å². The van der Waals surface area contributed by atoms with Crippen LogP contribution < -0.4 is 5.32 Å². The number of carboxylic acid groups (broad SMARTS) is 1. The number of halogens is 2. The van der Waals surface area contributed by atoms with Crippen LogP contribution in [0.15, 0.2) is 42.5 Å². The molecule has 130 valence electrons. The Labute approximate surface area is 143 Å². The van der Waals surface area contributed by atoms with Crippen molar-refractivity contribution in [2.75, 3.05) is 5.32 Å². The van der Waals surface area contributed by atoms with Crippen LogP contribution in [0.3, 0.4) is 0 Å². The van der Waals surface area contributed by atoms with Crippen molar-refractivity contribution < 1.29 is 23.5 Å². The Kier molecular flexibility index (Phi) is 4.53. The molecule has 1 amide bonds. The molecule has 4 nitrogen and oxygen atoms in total. The first-order valence-corrected chi connectivity index (χ1v) is 7.98. The summed E-state index contributed by atoms with van der Waals surface area (Å²) in [6.45, 7) is 0. The van der Waals surface area contributed by atoms with E-state index in [1.165, 1.54) is 42.5 Å². The third kappa shape index (κ3) is 3.52. The summed E-state index contributed by atoms with van der Waals surface area (Å²) >= 11 is 0. The van der Waals surface area contributed by atoms with Crippen molar-refractivity contribution in [1.82, 2.24) is 0 Å². The summed E-state index contributed by atoms with van der Waals surface area (Å²) in [6.07, 6.45) is 1.62. The number of rotatable bonds is 5. The quantitative estimate of drug-likeness (QED) is 0.853. The van der Waals surface area contributed by atoms with Crippen molar-refractivity contribution in [3.63, 3.8) is 0 Å². The maximum Gasteiger partial charge on any atom is 0.310 e. The van der Waals surface area contributed by atoms with E-state index in [-0.39, 0.29) is 6.42 Å². The van der Waals surface area contributed by atoms with Gasteiger partial charge in [0.25, 0.3) is 0 Å². The molecule has 1 fully saturated rings. The molecule has 3 rings (SSSR count). The van der Waals surface area contributed by atoms with Crippen LogP contribution in [0, 0.1) is 17.0 Å². The Hall–Kier alpha value is -2.76. The fraction of sp³-hybridized carbons (Fsp3) is 0.263. The minimum atomic E-state index is -1.000. The van der Waals surface area contributed by atoms with Gasteiger partial charge in [-0.2, -0.15) is 0 Å². The van der Waals surface area contributed by atoms with Crippen molar-refractivity contribution in [2.24, 2.45) is 5.41 Å². The summed E-state index contributed by atoms with van der Waals surface area (Å²) < 4.78 is 26.7. The lowest BCUT2D eigenvalue weighted by Gasteiger charge is -2.36. The molecule has 0 unspecified atom stereocenters. The van der Waals surface area contributed by atoms with E-state index in [1.807, 2.05) is 0 Å². The van der Waals surface area contributed by atoms with E-state index in [4.69, 9.17) is 0 Å². The topological polar surface area (TPSA) is 66.4 Å². The lowest BCUT2D eigenvalue weighted by molar-refractivity contribution is -0.157. The molecular formula is C19H17F2NO3. The van der Waals surface area contributed by atoms with Crippen LogP contribution in [0.2, 0.25) is 0 Å². The van der Waals surface area contributed by atoms with Crippen LogP contribution in [-0.2, 0) is 9.59 Å². The van der Waals surface area contributed by atoms with Crippen LogP contribution in [0.4, 0.5) is 14.5 Å². The van der Waals surface area contributed by atoms with Crippen molar-refractivity contribution in [3.8, 4) is 11.1 Å². The minimum Gasteiger partial charge on any atom is -0.481 e. The average molecular weight is 345 g/mol. The van der Waals surface area contributed by atoms with E-state index in [2.05, 4.69) is 5.32 Å². The molecule has 0 saturated heterocycles. The Balaban J connectivity index is 1.84. The van der Waals surface area contributed by atoms with Crippen LogP contribution in [0.5, 0.6) is 0 Å². The summed E-state index contributed by atoms with van der Waals surface area (Å²) in [5, 5.41) is 12.0. The molecule has 2 aromatic rings. The Bertz CT molecular complexity index is 814. The zero-order valence-electron chi connectivity index (χ0n) is 13.4. The van der Waals surface area contributed by atoms with E-state index in [0.717, 1.165) is 6.42 Å². The number of amides is 1. The van der Waals surface area contributed by atoms with Crippen LogP contribution in [0.25, 0.3) is 11.1 Å². The van der Waals surface area contributed by atoms with Gasteiger partial charge in [-0.25, -0.2) is 8.78 Å². The molecule has 0 radical (unpaired) electrons. The number of carbonyl (C=O) groups excluding carboxylic acids is 1. The second kappa shape index (κ2) is 6.63. The number of benzene rings is 2. The molecule has 1 saturated carbocycles. The molecule has 0 bridgehead atoms. The number of carbonyl (C=O) groups is 2. The van der Waals surface area contributed by atoms with Crippen molar-refractivity contribution in [1.29, 1.82) is 0 Å². The lowest BCUT2D eigenvalue weighted by atomic mass is 9.66. The normalized spacial score (nSPS) is 15.3. The smallest absolute Gasteiger partial charge is 0.310 e. The van der Waals surface area contributed by atoms with Gasteiger partial charge < -0.3 is 10.4 Å². The second-order valence-corrected chi connectivity index (χ2v) is 6.36. The van der Waals surface area contributed by atoms with Gasteiger partial charge in [0.05, 0.1) is 5.41 Å². The first-order valence-electron chi connectivity index (χ1n) is 7.98. The molecule has 6 heteroatoms. The number of hydrogen-bond donors (Lipinski definition) is 2. The van der Waals surface area contributed by atoms with Crippen molar-refractivity contribution in [2.45, 2.75) is 25.7 Å². The summed E-state index contributed by atoms with van der Waals surface area (Å²) in [5.74, 6) is -2.30. The van der Waals surface area contributed by atoms with E-state index in [1.54, 1.807) is 0 Å². The Morgan fingerprint density at radius 1 is 1.04 bits per heavy atom. The third-order valence-corrected chi connectivity index (χ3v) is 4.67. The van der Waals surface area contributed by atoms with Gasteiger partial charge in [-0.1, -0.05) is 18.6 Å². The summed E-state index contributed by atoms with van der Waals surface area (Å²) in [5.41, 5.74) is 0.317. The van der Waals surface area contributed by atoms with Crippen LogP contribution in [0.1, 0.15) is 25.7 Å². The molecular weight excluding hydrogens is 328 g/mol. The summed E-state index contributed by atoms with van der Waals surface area (Å²) in [6, 6.07) is 9.35. The molecule has 0 aromatic heterocycles. The molecule has 0 heterocycles. The number of anilines is 1. The first-order chi connectivity index (χ1) is 11.9. The molecule has 0 aliphatic heterocycles. The maximum absolute atomic E-state index is 13.6. The first kappa shape index (κ1) is 17.1. The number of hydrogen-bond acceptors (Lipinski definition) is 2. The standard InChI is InChI=1S/C19H17F2NO3/c20-13-4-2-12(3-5-13)15-10-14(21)6-7-16(15)22-17(23)11-19(18(24)25)8-1-9-19/h2-7,10H,1,8-9,11H2,(H,22,23)(H,24,25). The highest BCUT2D eigenvalue weighted by molar-refractivity contribution is 5.98. The number of carboxylic acids is 1. The van der Waals surface area contributed by atoms with Gasteiger partial charge >= 0.3 is 5.97 Å². The zero-order valence-corrected chi connectivity index (χ0v) is 13.4. The predicted molar refractivity (Wildman–Crippen MR) is 89.0 cm³/mol. The van der Waals surface area contributed by atoms with E-state index >= 15 is 0 Å². The van der Waals surface area contributed by atoms with Gasteiger partial charge in [0, 0.05) is 17.7 Å². The van der Waals surface area contributed by atoms with Crippen molar-refractivity contribution in [3.05, 3.63) is 54.1 Å². The highest BCUT2D eigenvalue weighted by Crippen LogP contribution is 2.44. The van der Waals surface area contributed by atoms with E-state index < -0.39 is 28.9 Å². The average Bonchev–Trinajstić information content (AvgIpc) is 2.53. The predicted octanol–water partition coefficient (Wildman–Crippen LogP) is 4.22. The highest BCUT2D eigenvalue weighted by atomic mass is 19.1. The maximum atomic E-state index is 13.6. The largest absolute Gasteiger partial charge is 0.481 e. The fourth-order valence-electron chi connectivity index (χ4n) is 3.07. The third-order valence-electron chi connectivity index (χ3n) is 4.67. The molecule has 2 N–H and O–H groups in total. The summed E-state index contributed by atoms with van der Waals surface area (Å²) in [7, 11) is 0. The minimum absolute atomic E-state index is 0.122. The molecule has 0 atom stereocenters. The molecule has 2 aromatic carbocycles. The molecule has 1 aliphatic rings. The molecule has 0 spiro atoms. The van der Waals surface area contributed by atoms with E-state index in [0.29, 0.717) is 29.7 Å². The van der Waals surface area contributed by atoms with Gasteiger partial charge in [-0.15, -0.1) is 0 Å². The van der Waals surface area contributed by atoms with Crippen molar-refractivity contribution >= 4 is 17.6 Å². The number of aliphatic carboxylic acids is 1. The zero-order chi connectivity index (χ0) is 18.0. The monoisotopic (exact) mass is 345 g/mol. The van der Waals surface area contributed by atoms with Crippen LogP contribution >= 0.6 is 0 Å². The fourth-order valence-corrected chi connectivity index (χ4v) is 3.07. The number of nitrogens with one attached hydrogen (secondary N) is 1. The van der Waals surface area contributed by atoms with Crippen LogP contribution in [-0.4, -0.2) is 17.0 Å². The van der Waals surface area contributed by atoms with Gasteiger partial charge in [0.15, 0.2) is 0 Å². The Morgan fingerprint density at radius 2 is 1.68 bits per heavy atom. The SMILES string of the molecule is O=C(CC1(C(=O)O)CCC1)Nc1ccc(F)cc1-c1ccc(F)cc1.